The van der Waals surface area contributed by atoms with E-state index in [1.807, 2.05) is 6.92 Å². The number of methoxy groups -OCH3 is 3. The molecule has 1 atom stereocenters. The summed E-state index contributed by atoms with van der Waals surface area (Å²) in [5.41, 5.74) is 1.46. The summed E-state index contributed by atoms with van der Waals surface area (Å²) in [6.07, 6.45) is 5.70. The van der Waals surface area contributed by atoms with Crippen LogP contribution in [0.25, 0.3) is 6.08 Å². The van der Waals surface area contributed by atoms with Gasteiger partial charge < -0.3 is 23.8 Å². The number of carbonyl (C=O) groups excluding carboxylic acids is 1. The van der Waals surface area contributed by atoms with Crippen LogP contribution in [0.2, 0.25) is 0 Å². The molecule has 2 heterocycles. The van der Waals surface area contributed by atoms with Crippen molar-refractivity contribution in [2.75, 3.05) is 54.2 Å². The van der Waals surface area contributed by atoms with Crippen molar-refractivity contribution in [1.82, 2.24) is 9.80 Å². The maximum Gasteiger partial charge on any atom is 0.254 e. The first kappa shape index (κ1) is 28.8. The Morgan fingerprint density at radius 3 is 2.36 bits per heavy atom. The third-order valence-corrected chi connectivity index (χ3v) is 7.52. The molecule has 39 heavy (non-hydrogen) atoms. The highest BCUT2D eigenvalue weighted by Crippen LogP contribution is 2.38. The van der Waals surface area contributed by atoms with Gasteiger partial charge in [0, 0.05) is 55.6 Å². The Kier molecular flexibility index (Phi) is 9.80. The SMILES string of the molecule is COc1cc(C(=O)N(CC(C)=Cc2ccc(F)cc2F)C[C@@H]2CCCN2C2CCOCC2)cc(OC)c1OC. The number of ether oxygens (including phenoxy) is 4. The Labute approximate surface area is 229 Å². The van der Waals surface area contributed by atoms with Gasteiger partial charge in [0.2, 0.25) is 5.75 Å². The molecule has 0 N–H and O–H groups in total. The average Bonchev–Trinajstić information content (AvgIpc) is 3.41. The molecule has 212 valence electrons. The molecule has 2 aromatic rings. The fourth-order valence-electron chi connectivity index (χ4n) is 5.64. The summed E-state index contributed by atoms with van der Waals surface area (Å²) in [6.45, 7) is 5.16. The average molecular weight is 545 g/mol. The third-order valence-electron chi connectivity index (χ3n) is 7.52. The van der Waals surface area contributed by atoms with Crippen LogP contribution in [-0.2, 0) is 4.74 Å². The van der Waals surface area contributed by atoms with Gasteiger partial charge in [-0.1, -0.05) is 11.6 Å². The van der Waals surface area contributed by atoms with Crippen LogP contribution in [0.15, 0.2) is 35.9 Å². The maximum absolute atomic E-state index is 14.4. The van der Waals surface area contributed by atoms with Gasteiger partial charge in [0.05, 0.1) is 21.3 Å². The first-order chi connectivity index (χ1) is 18.8. The molecule has 2 aliphatic rings. The number of hydrogen-bond donors (Lipinski definition) is 0. The Morgan fingerprint density at radius 1 is 1.05 bits per heavy atom. The summed E-state index contributed by atoms with van der Waals surface area (Å²) in [5.74, 6) is -0.266. The van der Waals surface area contributed by atoms with Gasteiger partial charge in [-0.25, -0.2) is 8.78 Å². The Morgan fingerprint density at radius 2 is 1.74 bits per heavy atom. The molecule has 0 aliphatic carbocycles. The molecule has 0 radical (unpaired) electrons. The van der Waals surface area contributed by atoms with E-state index in [2.05, 4.69) is 4.90 Å². The van der Waals surface area contributed by atoms with E-state index in [4.69, 9.17) is 18.9 Å². The molecule has 7 nitrogen and oxygen atoms in total. The summed E-state index contributed by atoms with van der Waals surface area (Å²) in [7, 11) is 4.54. The Balaban J connectivity index is 1.64. The highest BCUT2D eigenvalue weighted by Gasteiger charge is 2.34. The van der Waals surface area contributed by atoms with Crippen LogP contribution in [0, 0.1) is 11.6 Å². The lowest BCUT2D eigenvalue weighted by Gasteiger charge is -2.38. The van der Waals surface area contributed by atoms with Gasteiger partial charge in [0.1, 0.15) is 11.6 Å². The molecule has 0 bridgehead atoms. The van der Waals surface area contributed by atoms with E-state index in [0.29, 0.717) is 35.4 Å². The number of nitrogens with zero attached hydrogens (tertiary/aromatic N) is 2. The quantitative estimate of drug-likeness (QED) is 0.411. The van der Waals surface area contributed by atoms with E-state index in [1.165, 1.54) is 33.5 Å². The first-order valence-electron chi connectivity index (χ1n) is 13.4. The van der Waals surface area contributed by atoms with Crippen LogP contribution >= 0.6 is 0 Å². The second-order valence-electron chi connectivity index (χ2n) is 10.1. The third kappa shape index (κ3) is 6.89. The van der Waals surface area contributed by atoms with Gasteiger partial charge in [-0.15, -0.1) is 0 Å². The normalized spacial score (nSPS) is 18.7. The summed E-state index contributed by atoms with van der Waals surface area (Å²) < 4.78 is 49.8. The largest absolute Gasteiger partial charge is 0.493 e. The van der Waals surface area contributed by atoms with Crippen molar-refractivity contribution in [2.45, 2.75) is 44.7 Å². The van der Waals surface area contributed by atoms with Crippen molar-refractivity contribution in [3.8, 4) is 17.2 Å². The van der Waals surface area contributed by atoms with Crippen LogP contribution in [0.5, 0.6) is 17.2 Å². The molecule has 0 unspecified atom stereocenters. The molecule has 2 aromatic carbocycles. The lowest BCUT2D eigenvalue weighted by molar-refractivity contribution is 0.0233. The summed E-state index contributed by atoms with van der Waals surface area (Å²) >= 11 is 0. The Hall–Kier alpha value is -3.17. The van der Waals surface area contributed by atoms with Crippen molar-refractivity contribution in [3.05, 3.63) is 58.7 Å². The first-order valence-corrected chi connectivity index (χ1v) is 13.4. The second kappa shape index (κ2) is 13.3. The molecule has 0 spiro atoms. The van der Waals surface area contributed by atoms with Gasteiger partial charge in [0.15, 0.2) is 11.5 Å². The number of amides is 1. The highest BCUT2D eigenvalue weighted by molar-refractivity contribution is 5.96. The molecule has 9 heteroatoms. The summed E-state index contributed by atoms with van der Waals surface area (Å²) in [4.78, 5) is 18.4. The van der Waals surface area contributed by atoms with E-state index in [0.717, 1.165) is 57.1 Å². The molecule has 1 amide bonds. The maximum atomic E-state index is 14.4. The number of carbonyl (C=O) groups is 1. The van der Waals surface area contributed by atoms with E-state index in [9.17, 15) is 13.6 Å². The van der Waals surface area contributed by atoms with Gasteiger partial charge in [-0.05, 0) is 63.4 Å². The zero-order valence-electron chi connectivity index (χ0n) is 23.2. The minimum Gasteiger partial charge on any atom is -0.493 e. The fourth-order valence-corrected chi connectivity index (χ4v) is 5.64. The second-order valence-corrected chi connectivity index (χ2v) is 10.1. The van der Waals surface area contributed by atoms with Crippen LogP contribution in [0.3, 0.4) is 0 Å². The van der Waals surface area contributed by atoms with E-state index in [1.54, 1.807) is 23.1 Å². The predicted molar refractivity (Wildman–Crippen MR) is 146 cm³/mol. The zero-order valence-corrected chi connectivity index (χ0v) is 23.2. The van der Waals surface area contributed by atoms with E-state index < -0.39 is 11.6 Å². The smallest absolute Gasteiger partial charge is 0.254 e. The molecule has 4 rings (SSSR count). The van der Waals surface area contributed by atoms with Crippen molar-refractivity contribution in [3.63, 3.8) is 0 Å². The molecule has 2 saturated heterocycles. The molecule has 2 fully saturated rings. The minimum atomic E-state index is -0.640. The number of likely N-dealkylation sites (tertiary alicyclic amines) is 1. The highest BCUT2D eigenvalue weighted by atomic mass is 19.1. The molecule has 0 saturated carbocycles. The fraction of sp³-hybridized carbons (Fsp3) is 0.500. The van der Waals surface area contributed by atoms with Gasteiger partial charge in [0.25, 0.3) is 5.91 Å². The van der Waals surface area contributed by atoms with Crippen LogP contribution in [0.4, 0.5) is 8.78 Å². The summed E-state index contributed by atoms with van der Waals surface area (Å²) in [5, 5.41) is 0. The number of rotatable bonds is 10. The van der Waals surface area contributed by atoms with E-state index in [-0.39, 0.29) is 24.1 Å². The molecular weight excluding hydrogens is 506 g/mol. The lowest BCUT2D eigenvalue weighted by atomic mass is 10.0. The molecule has 0 aromatic heterocycles. The predicted octanol–water partition coefficient (Wildman–Crippen LogP) is 5.18. The lowest BCUT2D eigenvalue weighted by Crippen LogP contribution is -2.48. The van der Waals surface area contributed by atoms with Gasteiger partial charge >= 0.3 is 0 Å². The van der Waals surface area contributed by atoms with Crippen LogP contribution in [-0.4, -0.2) is 82.0 Å². The van der Waals surface area contributed by atoms with Crippen molar-refractivity contribution >= 4 is 12.0 Å². The topological polar surface area (TPSA) is 60.5 Å². The number of benzene rings is 2. The standard InChI is InChI=1S/C30H38F2N2O5/c1-20(14-21-7-8-23(31)17-26(21)32)18-33(19-25-6-5-11-34(25)24-9-12-39-13-10-24)30(35)22-15-27(36-2)29(38-4)28(16-22)37-3/h7-8,14-17,24-25H,5-6,9-13,18-19H2,1-4H3/t25-/m0/s1. The number of hydrogen-bond acceptors (Lipinski definition) is 6. The van der Waals surface area contributed by atoms with Gasteiger partial charge in [-0.3, -0.25) is 9.69 Å². The Bertz CT molecular complexity index is 1160. The van der Waals surface area contributed by atoms with Gasteiger partial charge in [-0.2, -0.15) is 0 Å². The number of halogens is 2. The monoisotopic (exact) mass is 544 g/mol. The minimum absolute atomic E-state index is 0.194. The molecule has 2 aliphatic heterocycles. The van der Waals surface area contributed by atoms with Crippen molar-refractivity contribution in [2.24, 2.45) is 0 Å². The molecular formula is C30H38F2N2O5. The van der Waals surface area contributed by atoms with Crippen molar-refractivity contribution < 1.29 is 32.5 Å². The summed E-state index contributed by atoms with van der Waals surface area (Å²) in [6, 6.07) is 7.45. The zero-order chi connectivity index (χ0) is 27.9. The van der Waals surface area contributed by atoms with E-state index >= 15 is 0 Å². The van der Waals surface area contributed by atoms with Crippen LogP contribution in [0.1, 0.15) is 48.5 Å². The van der Waals surface area contributed by atoms with Crippen molar-refractivity contribution in [1.29, 1.82) is 0 Å². The van der Waals surface area contributed by atoms with Crippen LogP contribution < -0.4 is 14.2 Å².